The Morgan fingerprint density at radius 2 is 1.83 bits per heavy atom. The molecule has 2 aliphatic heterocycles. The van der Waals surface area contributed by atoms with E-state index in [1.807, 2.05) is 12.1 Å². The molecule has 1 fully saturated rings. The Morgan fingerprint density at radius 1 is 1.07 bits per heavy atom. The van der Waals surface area contributed by atoms with Crippen LogP contribution in [0.25, 0.3) is 6.08 Å². The molecule has 6 heteroatoms. The standard InChI is InChI=1S/C24H27NO5/c1-28-20-9-7-8-16(23(20)29-2)14-21-22(27)17-10-11-19(26)18(24(17)30-21)15-25-12-5-3-4-6-13-25/h7-11,14,26H,3-6,12-13,15H2,1-2H3/b21-14-. The fraction of sp³-hybridized carbons (Fsp3) is 0.375. The molecule has 0 bridgehead atoms. The average molecular weight is 409 g/mol. The van der Waals surface area contributed by atoms with Crippen molar-refractivity contribution < 1.29 is 29.0 Å². The van der Waals surface area contributed by atoms with Crippen LogP contribution in [0.2, 0.25) is 0 Å². The second-order valence-corrected chi connectivity index (χ2v) is 7.78. The lowest BCUT2D eigenvalue weighted by Gasteiger charge is -2.22. The van der Waals surface area contributed by atoms with Gasteiger partial charge < -0.3 is 24.2 Å². The summed E-state index contributed by atoms with van der Waals surface area (Å²) >= 11 is 0. The number of likely N-dealkylation sites (tertiary alicyclic amines) is 1. The fourth-order valence-corrected chi connectivity index (χ4v) is 4.28. The number of carbonyl (C=O) groups excluding carboxylic acids is 1. The lowest BCUT2D eigenvalue weighted by Crippen LogP contribution is -3.10. The first-order valence-corrected chi connectivity index (χ1v) is 10.4. The summed E-state index contributed by atoms with van der Waals surface area (Å²) in [5.41, 5.74) is 1.72. The topological polar surface area (TPSA) is 72.3 Å². The third-order valence-corrected chi connectivity index (χ3v) is 5.86. The van der Waals surface area contributed by atoms with Crippen LogP contribution in [-0.2, 0) is 6.54 Å². The van der Waals surface area contributed by atoms with Crippen LogP contribution in [-0.4, -0.2) is 33.1 Å². The van der Waals surface area contributed by atoms with Gasteiger partial charge in [0.05, 0.1) is 32.9 Å². The van der Waals surface area contributed by atoms with Crippen molar-refractivity contribution in [3.8, 4) is 23.0 Å². The molecule has 6 nitrogen and oxygen atoms in total. The van der Waals surface area contributed by atoms with Crippen molar-refractivity contribution in [1.29, 1.82) is 0 Å². The molecule has 1 saturated heterocycles. The van der Waals surface area contributed by atoms with Crippen LogP contribution >= 0.6 is 0 Å². The van der Waals surface area contributed by atoms with Crippen molar-refractivity contribution in [2.24, 2.45) is 0 Å². The van der Waals surface area contributed by atoms with Crippen molar-refractivity contribution in [3.63, 3.8) is 0 Å². The van der Waals surface area contributed by atoms with Gasteiger partial charge in [-0.05, 0) is 43.9 Å². The Balaban J connectivity index is 1.67. The monoisotopic (exact) mass is 409 g/mol. The summed E-state index contributed by atoms with van der Waals surface area (Å²) in [6.45, 7) is 2.67. The molecule has 4 rings (SSSR count). The average Bonchev–Trinajstić information content (AvgIpc) is 2.92. The SMILES string of the molecule is COc1cccc(/C=C2\Oc3c(ccc([O-])c3C[NH+]3CCCCCC3)C2=O)c1OC. The summed E-state index contributed by atoms with van der Waals surface area (Å²) in [7, 11) is 3.12. The van der Waals surface area contributed by atoms with Crippen molar-refractivity contribution >= 4 is 11.9 Å². The Labute approximate surface area is 176 Å². The van der Waals surface area contributed by atoms with Crippen LogP contribution < -0.4 is 24.2 Å². The summed E-state index contributed by atoms with van der Waals surface area (Å²) in [5, 5.41) is 12.6. The van der Waals surface area contributed by atoms with E-state index in [0.717, 1.165) is 13.1 Å². The number of para-hydroxylation sites is 1. The van der Waals surface area contributed by atoms with Crippen molar-refractivity contribution in [3.05, 3.63) is 52.8 Å². The number of quaternary nitrogens is 1. The van der Waals surface area contributed by atoms with E-state index in [9.17, 15) is 9.90 Å². The minimum Gasteiger partial charge on any atom is -0.872 e. The molecule has 0 atom stereocenters. The van der Waals surface area contributed by atoms with Crippen LogP contribution in [0.1, 0.15) is 47.2 Å². The lowest BCUT2D eigenvalue weighted by molar-refractivity contribution is -0.913. The van der Waals surface area contributed by atoms with Gasteiger partial charge in [0.25, 0.3) is 0 Å². The second kappa shape index (κ2) is 8.79. The minimum absolute atomic E-state index is 0.0708. The third-order valence-electron chi connectivity index (χ3n) is 5.86. The van der Waals surface area contributed by atoms with Gasteiger partial charge in [-0.15, -0.1) is 0 Å². The fourth-order valence-electron chi connectivity index (χ4n) is 4.28. The number of ketones is 1. The van der Waals surface area contributed by atoms with Gasteiger partial charge >= 0.3 is 0 Å². The predicted molar refractivity (Wildman–Crippen MR) is 111 cm³/mol. The first kappa shape index (κ1) is 20.3. The quantitative estimate of drug-likeness (QED) is 0.768. The molecule has 1 N–H and O–H groups in total. The maximum Gasteiger partial charge on any atom is 0.231 e. The van der Waals surface area contributed by atoms with Gasteiger partial charge in [0.15, 0.2) is 17.3 Å². The largest absolute Gasteiger partial charge is 0.872 e. The summed E-state index contributed by atoms with van der Waals surface area (Å²) in [6.07, 6.45) is 6.46. The summed E-state index contributed by atoms with van der Waals surface area (Å²) in [5.74, 6) is 1.41. The molecule has 30 heavy (non-hydrogen) atoms. The van der Waals surface area contributed by atoms with E-state index >= 15 is 0 Å². The number of hydrogen-bond donors (Lipinski definition) is 1. The van der Waals surface area contributed by atoms with E-state index < -0.39 is 0 Å². The van der Waals surface area contributed by atoms with Gasteiger partial charge in [0.2, 0.25) is 5.78 Å². The van der Waals surface area contributed by atoms with Gasteiger partial charge in [0.1, 0.15) is 12.3 Å². The normalized spacial score (nSPS) is 18.1. The number of rotatable bonds is 5. The van der Waals surface area contributed by atoms with E-state index in [0.29, 0.717) is 40.5 Å². The molecule has 2 heterocycles. The van der Waals surface area contributed by atoms with Crippen molar-refractivity contribution in [1.82, 2.24) is 0 Å². The number of fused-ring (bicyclic) bond motifs is 1. The number of allylic oxidation sites excluding steroid dienone is 1. The third kappa shape index (κ3) is 3.87. The smallest absolute Gasteiger partial charge is 0.231 e. The molecule has 2 aromatic rings. The predicted octanol–water partition coefficient (Wildman–Crippen LogP) is 2.35. The molecule has 0 aromatic heterocycles. The highest BCUT2D eigenvalue weighted by Crippen LogP contribution is 2.40. The number of benzene rings is 2. The van der Waals surface area contributed by atoms with Gasteiger partial charge in [-0.1, -0.05) is 23.9 Å². The molecule has 0 unspecified atom stereocenters. The maximum absolute atomic E-state index is 13.0. The van der Waals surface area contributed by atoms with E-state index in [2.05, 4.69) is 0 Å². The highest BCUT2D eigenvalue weighted by atomic mass is 16.5. The Kier molecular flexibility index (Phi) is 5.95. The number of methoxy groups -OCH3 is 2. The summed E-state index contributed by atoms with van der Waals surface area (Å²) in [6, 6.07) is 8.50. The van der Waals surface area contributed by atoms with Gasteiger partial charge in [-0.25, -0.2) is 0 Å². The molecule has 2 aromatic carbocycles. The van der Waals surface area contributed by atoms with E-state index in [4.69, 9.17) is 14.2 Å². The molecule has 0 amide bonds. The highest BCUT2D eigenvalue weighted by Gasteiger charge is 2.31. The van der Waals surface area contributed by atoms with Crippen LogP contribution in [0.4, 0.5) is 0 Å². The molecule has 0 radical (unpaired) electrons. The number of carbonyl (C=O) groups is 1. The molecule has 0 spiro atoms. The number of hydrogen-bond acceptors (Lipinski definition) is 5. The first-order chi connectivity index (χ1) is 14.6. The zero-order valence-corrected chi connectivity index (χ0v) is 17.5. The Bertz CT molecular complexity index is 974. The van der Waals surface area contributed by atoms with E-state index in [1.54, 1.807) is 32.4 Å². The van der Waals surface area contributed by atoms with E-state index in [-0.39, 0.29) is 17.3 Å². The van der Waals surface area contributed by atoms with Gasteiger partial charge in [-0.2, -0.15) is 0 Å². The zero-order chi connectivity index (χ0) is 21.1. The summed E-state index contributed by atoms with van der Waals surface area (Å²) in [4.78, 5) is 14.4. The lowest BCUT2D eigenvalue weighted by atomic mass is 10.0. The summed E-state index contributed by atoms with van der Waals surface area (Å²) < 4.78 is 16.8. The molecule has 158 valence electrons. The molecular formula is C24H27NO5. The van der Waals surface area contributed by atoms with Crippen LogP contribution in [0.5, 0.6) is 23.0 Å². The molecule has 2 aliphatic rings. The molecular weight excluding hydrogens is 382 g/mol. The van der Waals surface area contributed by atoms with Crippen LogP contribution in [0.15, 0.2) is 36.1 Å². The van der Waals surface area contributed by atoms with Crippen molar-refractivity contribution in [2.45, 2.75) is 32.2 Å². The maximum atomic E-state index is 13.0. The Hall–Kier alpha value is -2.99. The van der Waals surface area contributed by atoms with Crippen LogP contribution in [0, 0.1) is 0 Å². The second-order valence-electron chi connectivity index (χ2n) is 7.78. The first-order valence-electron chi connectivity index (χ1n) is 10.4. The van der Waals surface area contributed by atoms with E-state index in [1.165, 1.54) is 36.6 Å². The highest BCUT2D eigenvalue weighted by molar-refractivity contribution is 6.15. The number of nitrogens with one attached hydrogen (secondary N) is 1. The van der Waals surface area contributed by atoms with Crippen molar-refractivity contribution in [2.75, 3.05) is 27.3 Å². The zero-order valence-electron chi connectivity index (χ0n) is 17.5. The molecule has 0 aliphatic carbocycles. The minimum atomic E-state index is -0.220. The van der Waals surface area contributed by atoms with Crippen LogP contribution in [0.3, 0.4) is 0 Å². The van der Waals surface area contributed by atoms with Gasteiger partial charge in [-0.3, -0.25) is 4.79 Å². The number of ether oxygens (including phenoxy) is 3. The Morgan fingerprint density at radius 3 is 2.53 bits per heavy atom. The number of Topliss-reactive ketones (excluding diaryl/α,β-unsaturated/α-hetero) is 1. The van der Waals surface area contributed by atoms with Gasteiger partial charge in [0, 0.05) is 11.1 Å². The molecule has 0 saturated carbocycles.